The van der Waals surface area contributed by atoms with Gasteiger partial charge in [-0.1, -0.05) is 0 Å². The van der Waals surface area contributed by atoms with E-state index in [4.69, 9.17) is 14.4 Å². The Morgan fingerprint density at radius 3 is 2.68 bits per heavy atom. The van der Waals surface area contributed by atoms with Gasteiger partial charge in [-0.15, -0.1) is 10.2 Å². The van der Waals surface area contributed by atoms with Gasteiger partial charge in [0, 0.05) is 12.3 Å². The number of rotatable bonds is 5. The molecule has 0 atom stereocenters. The highest BCUT2D eigenvalue weighted by molar-refractivity contribution is 5.50. The second-order valence-electron chi connectivity index (χ2n) is 4.83. The van der Waals surface area contributed by atoms with Gasteiger partial charge in [-0.3, -0.25) is 4.98 Å². The Labute approximate surface area is 139 Å². The maximum atomic E-state index is 13.2. The molecule has 3 aromatic rings. The number of alkyl halides is 2. The first-order chi connectivity index (χ1) is 12.1. The van der Waals surface area contributed by atoms with Gasteiger partial charge in [0.2, 0.25) is 5.89 Å². The highest BCUT2D eigenvalue weighted by Crippen LogP contribution is 2.23. The lowest BCUT2D eigenvalue weighted by Crippen LogP contribution is -2.00. The van der Waals surface area contributed by atoms with Crippen LogP contribution in [-0.4, -0.2) is 15.2 Å². The van der Waals surface area contributed by atoms with Crippen molar-refractivity contribution in [3.05, 3.63) is 59.5 Å². The quantitative estimate of drug-likeness (QED) is 0.701. The molecule has 0 fully saturated rings. The summed E-state index contributed by atoms with van der Waals surface area (Å²) in [5.74, 6) is -1.26. The van der Waals surface area contributed by atoms with Crippen molar-refractivity contribution < 1.29 is 22.3 Å². The van der Waals surface area contributed by atoms with Crippen molar-refractivity contribution in [2.75, 3.05) is 0 Å². The van der Waals surface area contributed by atoms with Gasteiger partial charge in [0.15, 0.2) is 0 Å². The summed E-state index contributed by atoms with van der Waals surface area (Å²) in [5, 5.41) is 15.7. The van der Waals surface area contributed by atoms with Crippen LogP contribution in [0.4, 0.5) is 13.2 Å². The van der Waals surface area contributed by atoms with E-state index >= 15 is 0 Å². The van der Waals surface area contributed by atoms with E-state index in [1.54, 1.807) is 12.1 Å². The van der Waals surface area contributed by atoms with Crippen molar-refractivity contribution in [1.82, 2.24) is 15.2 Å². The van der Waals surface area contributed by atoms with Crippen LogP contribution in [0.2, 0.25) is 0 Å². The number of benzene rings is 1. The molecule has 6 nitrogen and oxygen atoms in total. The number of nitriles is 1. The van der Waals surface area contributed by atoms with Crippen molar-refractivity contribution in [2.45, 2.75) is 13.0 Å². The monoisotopic (exact) mass is 346 g/mol. The maximum absolute atomic E-state index is 13.2. The fraction of sp³-hybridized carbons (Fsp3) is 0.125. The van der Waals surface area contributed by atoms with E-state index in [1.807, 2.05) is 6.07 Å². The van der Waals surface area contributed by atoms with Crippen LogP contribution in [0.15, 0.2) is 40.9 Å². The molecule has 0 unspecified atom stereocenters. The van der Waals surface area contributed by atoms with E-state index in [2.05, 4.69) is 15.2 Å². The lowest BCUT2D eigenvalue weighted by Gasteiger charge is -2.07. The average molecular weight is 346 g/mol. The maximum Gasteiger partial charge on any atom is 0.314 e. The molecule has 0 spiro atoms. The largest absolute Gasteiger partial charge is 0.486 e. The molecule has 0 amide bonds. The summed E-state index contributed by atoms with van der Waals surface area (Å²) >= 11 is 0. The molecule has 0 bridgehead atoms. The van der Waals surface area contributed by atoms with Gasteiger partial charge in [-0.2, -0.15) is 14.0 Å². The summed E-state index contributed by atoms with van der Waals surface area (Å²) in [6.45, 7) is -0.00939. The van der Waals surface area contributed by atoms with Gasteiger partial charge >= 0.3 is 6.43 Å². The summed E-state index contributed by atoms with van der Waals surface area (Å²) < 4.78 is 48.3. The smallest absolute Gasteiger partial charge is 0.314 e. The zero-order valence-corrected chi connectivity index (χ0v) is 12.5. The predicted molar refractivity (Wildman–Crippen MR) is 77.9 cm³/mol. The van der Waals surface area contributed by atoms with Crippen molar-refractivity contribution >= 4 is 0 Å². The zero-order valence-electron chi connectivity index (χ0n) is 12.5. The summed E-state index contributed by atoms with van der Waals surface area (Å²) in [6, 6.07) is 8.60. The molecular formula is C16H9F3N4O2. The Morgan fingerprint density at radius 2 is 2.04 bits per heavy atom. The fourth-order valence-corrected chi connectivity index (χ4v) is 1.94. The van der Waals surface area contributed by atoms with Crippen molar-refractivity contribution in [2.24, 2.45) is 0 Å². The van der Waals surface area contributed by atoms with Crippen LogP contribution in [-0.2, 0) is 6.61 Å². The Bertz CT molecular complexity index is 920. The molecule has 126 valence electrons. The number of aromatic nitrogens is 3. The van der Waals surface area contributed by atoms with Gasteiger partial charge < -0.3 is 9.15 Å². The lowest BCUT2D eigenvalue weighted by atomic mass is 10.2. The topological polar surface area (TPSA) is 84.8 Å². The third-order valence-electron chi connectivity index (χ3n) is 3.14. The lowest BCUT2D eigenvalue weighted by molar-refractivity contribution is 0.116. The normalized spacial score (nSPS) is 10.7. The molecular weight excluding hydrogens is 337 g/mol. The minimum Gasteiger partial charge on any atom is -0.486 e. The molecule has 25 heavy (non-hydrogen) atoms. The Kier molecular flexibility index (Phi) is 4.61. The highest BCUT2D eigenvalue weighted by atomic mass is 19.3. The third-order valence-corrected chi connectivity index (χ3v) is 3.14. The van der Waals surface area contributed by atoms with Crippen molar-refractivity contribution in [3.63, 3.8) is 0 Å². The zero-order chi connectivity index (χ0) is 17.8. The van der Waals surface area contributed by atoms with Gasteiger partial charge in [-0.25, -0.2) is 4.39 Å². The number of hydrogen-bond donors (Lipinski definition) is 0. The molecule has 0 aliphatic heterocycles. The standard InChI is InChI=1S/C16H9F3N4O2/c17-11-3-1-9(6-20)13(5-11)24-8-12-4-2-10(7-21-12)15-22-23-16(25-15)14(18)19/h1-5,7,14H,8H2. The molecule has 0 saturated carbocycles. The molecule has 0 saturated heterocycles. The van der Waals surface area contributed by atoms with E-state index < -0.39 is 18.1 Å². The second kappa shape index (κ2) is 7.00. The summed E-state index contributed by atoms with van der Waals surface area (Å²) in [6.07, 6.45) is -1.49. The number of ether oxygens (including phenoxy) is 1. The van der Waals surface area contributed by atoms with E-state index in [1.165, 1.54) is 12.3 Å². The van der Waals surface area contributed by atoms with Crippen LogP contribution in [0, 0.1) is 17.1 Å². The van der Waals surface area contributed by atoms with Crippen molar-refractivity contribution in [3.8, 4) is 23.3 Å². The molecule has 0 aliphatic carbocycles. The fourth-order valence-electron chi connectivity index (χ4n) is 1.94. The first-order valence-electron chi connectivity index (χ1n) is 6.96. The van der Waals surface area contributed by atoms with E-state index in [0.29, 0.717) is 11.3 Å². The summed E-state index contributed by atoms with van der Waals surface area (Å²) in [4.78, 5) is 4.09. The van der Waals surface area contributed by atoms with Crippen LogP contribution in [0.1, 0.15) is 23.6 Å². The van der Waals surface area contributed by atoms with Gasteiger partial charge in [-0.05, 0) is 24.3 Å². The van der Waals surface area contributed by atoms with Crippen LogP contribution in [0.25, 0.3) is 11.5 Å². The van der Waals surface area contributed by atoms with Crippen LogP contribution in [0.3, 0.4) is 0 Å². The van der Waals surface area contributed by atoms with E-state index in [0.717, 1.165) is 12.1 Å². The van der Waals surface area contributed by atoms with Gasteiger partial charge in [0.1, 0.15) is 24.2 Å². The summed E-state index contributed by atoms with van der Waals surface area (Å²) in [5.41, 5.74) is 1.04. The number of hydrogen-bond acceptors (Lipinski definition) is 6. The first-order valence-corrected chi connectivity index (χ1v) is 6.96. The molecule has 3 rings (SSSR count). The van der Waals surface area contributed by atoms with Gasteiger partial charge in [0.25, 0.3) is 5.89 Å². The minimum absolute atomic E-state index is 0.00939. The first kappa shape index (κ1) is 16.4. The summed E-state index contributed by atoms with van der Waals surface area (Å²) in [7, 11) is 0. The van der Waals surface area contributed by atoms with Crippen LogP contribution in [0.5, 0.6) is 5.75 Å². The molecule has 2 heterocycles. The Morgan fingerprint density at radius 1 is 1.20 bits per heavy atom. The number of nitrogens with zero attached hydrogens (tertiary/aromatic N) is 4. The van der Waals surface area contributed by atoms with E-state index in [9.17, 15) is 13.2 Å². The third kappa shape index (κ3) is 3.74. The minimum atomic E-state index is -2.84. The number of halogens is 3. The van der Waals surface area contributed by atoms with E-state index in [-0.39, 0.29) is 23.8 Å². The van der Waals surface area contributed by atoms with Crippen LogP contribution < -0.4 is 4.74 Å². The van der Waals surface area contributed by atoms with Crippen LogP contribution >= 0.6 is 0 Å². The van der Waals surface area contributed by atoms with Crippen molar-refractivity contribution in [1.29, 1.82) is 5.26 Å². The SMILES string of the molecule is N#Cc1ccc(F)cc1OCc1ccc(-c2nnc(C(F)F)o2)cn1. The molecule has 1 aromatic carbocycles. The molecule has 9 heteroatoms. The Hall–Kier alpha value is -3.41. The van der Waals surface area contributed by atoms with Gasteiger partial charge in [0.05, 0.1) is 16.8 Å². The second-order valence-corrected chi connectivity index (χ2v) is 4.83. The average Bonchev–Trinajstić information content (AvgIpc) is 3.11. The molecule has 2 aromatic heterocycles. The highest BCUT2D eigenvalue weighted by Gasteiger charge is 2.17. The molecule has 0 radical (unpaired) electrons. The predicted octanol–water partition coefficient (Wildman–Crippen LogP) is 3.66. The number of pyridine rings is 1. The molecule has 0 N–H and O–H groups in total. The molecule has 0 aliphatic rings. The Balaban J connectivity index is 1.71.